The van der Waals surface area contributed by atoms with Gasteiger partial charge in [-0.05, 0) is 44.7 Å². The quantitative estimate of drug-likeness (QED) is 0.395. The molecule has 0 unspecified atom stereocenters. The van der Waals surface area contributed by atoms with E-state index in [0.29, 0.717) is 22.6 Å². The van der Waals surface area contributed by atoms with E-state index in [1.807, 2.05) is 17.9 Å². The molecule has 11 nitrogen and oxygen atoms in total. The van der Waals surface area contributed by atoms with Crippen LogP contribution >= 0.6 is 0 Å². The minimum atomic E-state index is -0.636. The third-order valence-electron chi connectivity index (χ3n) is 7.07. The predicted molar refractivity (Wildman–Crippen MR) is 138 cm³/mol. The van der Waals surface area contributed by atoms with Crippen molar-refractivity contribution in [2.45, 2.75) is 57.2 Å². The van der Waals surface area contributed by atoms with Gasteiger partial charge in [0.2, 0.25) is 5.91 Å². The molecule has 2 amide bonds. The van der Waals surface area contributed by atoms with Gasteiger partial charge < -0.3 is 20.1 Å². The summed E-state index contributed by atoms with van der Waals surface area (Å²) in [6.07, 6.45) is 9.96. The Bertz CT molecular complexity index is 1440. The average molecular weight is 506 g/mol. The number of methoxy groups -OCH3 is 1. The summed E-state index contributed by atoms with van der Waals surface area (Å²) in [6.45, 7) is 1.63. The lowest BCUT2D eigenvalue weighted by molar-refractivity contribution is -0.134. The van der Waals surface area contributed by atoms with E-state index >= 15 is 0 Å². The molecule has 3 heterocycles. The molecule has 0 aliphatic heterocycles. The highest BCUT2D eigenvalue weighted by molar-refractivity contribution is 6.09. The lowest BCUT2D eigenvalue weighted by Crippen LogP contribution is -2.40. The molecule has 0 saturated heterocycles. The number of aromatic nitrogens is 5. The number of nitrogens with one attached hydrogen (secondary N) is 1. The number of anilines is 1. The van der Waals surface area contributed by atoms with Gasteiger partial charge in [-0.25, -0.2) is 9.50 Å². The molecule has 5 rings (SSSR count). The van der Waals surface area contributed by atoms with Gasteiger partial charge in [-0.15, -0.1) is 0 Å². The molecular weight excluding hydrogens is 474 g/mol. The number of ether oxygens (including phenoxy) is 1. The fraction of sp³-hybridized carbons (Fsp3) is 0.423. The highest BCUT2D eigenvalue weighted by Gasteiger charge is 2.28. The van der Waals surface area contributed by atoms with Crippen molar-refractivity contribution >= 4 is 34.1 Å². The third-order valence-corrected chi connectivity index (χ3v) is 7.07. The van der Waals surface area contributed by atoms with Gasteiger partial charge in [-0.1, -0.05) is 0 Å². The molecule has 11 heteroatoms. The average Bonchev–Trinajstić information content (AvgIpc) is 3.51. The van der Waals surface area contributed by atoms with Gasteiger partial charge >= 0.3 is 0 Å². The van der Waals surface area contributed by atoms with E-state index in [2.05, 4.69) is 15.4 Å². The van der Waals surface area contributed by atoms with Crippen LogP contribution in [0.2, 0.25) is 0 Å². The van der Waals surface area contributed by atoms with Crippen molar-refractivity contribution in [2.75, 3.05) is 19.5 Å². The Labute approximate surface area is 214 Å². The first-order chi connectivity index (χ1) is 17.8. The highest BCUT2D eigenvalue weighted by atomic mass is 16.5. The van der Waals surface area contributed by atoms with Crippen molar-refractivity contribution in [3.05, 3.63) is 48.5 Å². The van der Waals surface area contributed by atoms with Crippen molar-refractivity contribution < 1.29 is 19.4 Å². The van der Waals surface area contributed by atoms with E-state index < -0.39 is 6.10 Å². The lowest BCUT2D eigenvalue weighted by Gasteiger charge is -2.35. The summed E-state index contributed by atoms with van der Waals surface area (Å²) in [5.41, 5.74) is 2.21. The van der Waals surface area contributed by atoms with Gasteiger partial charge in [0, 0.05) is 43.1 Å². The van der Waals surface area contributed by atoms with Crippen molar-refractivity contribution in [1.29, 1.82) is 0 Å². The second kappa shape index (κ2) is 10.2. The van der Waals surface area contributed by atoms with Crippen LogP contribution in [0.25, 0.3) is 16.6 Å². The molecule has 0 radical (unpaired) electrons. The SMILES string of the molecule is COc1cc2nn(C3CCC(N(C)C(=O)C[C@H](C)O)CC3)cc2cc1C(=O)Nc1cnn2cccnc12. The highest BCUT2D eigenvalue weighted by Crippen LogP contribution is 2.33. The van der Waals surface area contributed by atoms with Crippen molar-refractivity contribution in [3.8, 4) is 5.75 Å². The summed E-state index contributed by atoms with van der Waals surface area (Å²) in [5, 5.41) is 22.2. The number of aliphatic hydroxyl groups is 1. The number of hydrogen-bond donors (Lipinski definition) is 2. The smallest absolute Gasteiger partial charge is 0.259 e. The van der Waals surface area contributed by atoms with Crippen LogP contribution in [-0.2, 0) is 4.79 Å². The Kier molecular flexibility index (Phi) is 6.79. The number of hydrogen-bond acceptors (Lipinski definition) is 7. The number of carbonyl (C=O) groups is 2. The number of rotatable bonds is 7. The topological polar surface area (TPSA) is 127 Å². The van der Waals surface area contributed by atoms with Crippen LogP contribution in [0.4, 0.5) is 5.69 Å². The van der Waals surface area contributed by atoms with Gasteiger partial charge in [0.15, 0.2) is 5.65 Å². The van der Waals surface area contributed by atoms with E-state index in [9.17, 15) is 14.7 Å². The predicted octanol–water partition coefficient (Wildman–Crippen LogP) is 3.05. The van der Waals surface area contributed by atoms with Crippen molar-refractivity contribution in [2.24, 2.45) is 0 Å². The van der Waals surface area contributed by atoms with Gasteiger partial charge in [0.25, 0.3) is 5.91 Å². The van der Waals surface area contributed by atoms with Crippen LogP contribution < -0.4 is 10.1 Å². The first kappa shape index (κ1) is 24.7. The zero-order chi connectivity index (χ0) is 26.1. The molecule has 1 aliphatic carbocycles. The molecule has 1 saturated carbocycles. The molecule has 1 fully saturated rings. The molecule has 1 aliphatic rings. The van der Waals surface area contributed by atoms with Gasteiger partial charge in [-0.2, -0.15) is 10.2 Å². The normalized spacial score (nSPS) is 18.6. The minimum Gasteiger partial charge on any atom is -0.496 e. The molecule has 3 aromatic heterocycles. The summed E-state index contributed by atoms with van der Waals surface area (Å²) in [4.78, 5) is 31.6. The Balaban J connectivity index is 1.32. The lowest BCUT2D eigenvalue weighted by atomic mass is 9.90. The van der Waals surface area contributed by atoms with Crippen LogP contribution in [0.1, 0.15) is 55.4 Å². The minimum absolute atomic E-state index is 0.0268. The van der Waals surface area contributed by atoms with E-state index in [1.54, 1.807) is 53.1 Å². The first-order valence-electron chi connectivity index (χ1n) is 12.4. The number of benzene rings is 1. The molecule has 0 bridgehead atoms. The Morgan fingerprint density at radius 3 is 2.78 bits per heavy atom. The second-order valence-corrected chi connectivity index (χ2v) is 9.64. The van der Waals surface area contributed by atoms with Crippen LogP contribution in [-0.4, -0.2) is 72.5 Å². The standard InChI is InChI=1S/C26H31N7O4/c1-16(34)11-24(35)31(2)18-5-7-19(8-6-18)33-15-17-12-20(23(37-3)13-21(17)30-33)26(36)29-22-14-28-32-10-4-9-27-25(22)32/h4,9-10,12-16,18-19,34H,5-8,11H2,1-3H3,(H,29,36)/t16-,18?,19?/m0/s1. The third kappa shape index (κ3) is 4.99. The molecule has 2 N–H and O–H groups in total. The molecule has 37 heavy (non-hydrogen) atoms. The molecule has 0 spiro atoms. The first-order valence-corrected chi connectivity index (χ1v) is 12.4. The fourth-order valence-corrected chi connectivity index (χ4v) is 5.02. The Hall–Kier alpha value is -3.99. The second-order valence-electron chi connectivity index (χ2n) is 9.64. The number of aliphatic hydroxyl groups excluding tert-OH is 1. The number of carbonyl (C=O) groups excluding carboxylic acids is 2. The van der Waals surface area contributed by atoms with Crippen molar-refractivity contribution in [3.63, 3.8) is 0 Å². The summed E-state index contributed by atoms with van der Waals surface area (Å²) < 4.78 is 9.08. The van der Waals surface area contributed by atoms with Crippen molar-refractivity contribution in [1.82, 2.24) is 29.3 Å². The van der Waals surface area contributed by atoms with E-state index in [0.717, 1.165) is 36.6 Å². The summed E-state index contributed by atoms with van der Waals surface area (Å²) in [7, 11) is 3.35. The zero-order valence-corrected chi connectivity index (χ0v) is 21.2. The molecule has 4 aromatic rings. The Morgan fingerprint density at radius 1 is 1.27 bits per heavy atom. The van der Waals surface area contributed by atoms with Gasteiger partial charge in [0.05, 0.1) is 43.0 Å². The van der Waals surface area contributed by atoms with Gasteiger partial charge in [0.1, 0.15) is 11.4 Å². The van der Waals surface area contributed by atoms with E-state index in [-0.39, 0.29) is 30.3 Å². The van der Waals surface area contributed by atoms with E-state index in [1.165, 1.54) is 7.11 Å². The van der Waals surface area contributed by atoms with Crippen LogP contribution in [0, 0.1) is 0 Å². The monoisotopic (exact) mass is 505 g/mol. The van der Waals surface area contributed by atoms with Crippen LogP contribution in [0.15, 0.2) is 43.0 Å². The number of fused-ring (bicyclic) bond motifs is 2. The van der Waals surface area contributed by atoms with Crippen LogP contribution in [0.5, 0.6) is 5.75 Å². The number of amides is 2. The molecular formula is C26H31N7O4. The largest absolute Gasteiger partial charge is 0.496 e. The maximum atomic E-state index is 13.2. The summed E-state index contributed by atoms with van der Waals surface area (Å²) >= 11 is 0. The number of nitrogens with zero attached hydrogens (tertiary/aromatic N) is 6. The fourth-order valence-electron chi connectivity index (χ4n) is 5.02. The summed E-state index contributed by atoms with van der Waals surface area (Å²) in [5.74, 6) is 0.0835. The molecule has 1 atom stereocenters. The van der Waals surface area contributed by atoms with Gasteiger partial charge in [-0.3, -0.25) is 14.3 Å². The van der Waals surface area contributed by atoms with Crippen LogP contribution in [0.3, 0.4) is 0 Å². The zero-order valence-electron chi connectivity index (χ0n) is 21.2. The maximum Gasteiger partial charge on any atom is 0.259 e. The Morgan fingerprint density at radius 2 is 2.05 bits per heavy atom. The molecule has 1 aromatic carbocycles. The molecule has 194 valence electrons. The van der Waals surface area contributed by atoms with E-state index in [4.69, 9.17) is 9.84 Å². The maximum absolute atomic E-state index is 13.2. The summed E-state index contributed by atoms with van der Waals surface area (Å²) in [6, 6.07) is 5.71.